The molecule has 2 aromatic rings. The van der Waals surface area contributed by atoms with Crippen LogP contribution in [0.25, 0.3) is 0 Å². The van der Waals surface area contributed by atoms with Crippen molar-refractivity contribution >= 4 is 22.8 Å². The van der Waals surface area contributed by atoms with Gasteiger partial charge in [-0.2, -0.15) is 0 Å². The van der Waals surface area contributed by atoms with Crippen LogP contribution in [0.4, 0.5) is 5.69 Å². The first-order chi connectivity index (χ1) is 11.7. The summed E-state index contributed by atoms with van der Waals surface area (Å²) < 4.78 is 17.9. The van der Waals surface area contributed by atoms with Gasteiger partial charge in [-0.25, -0.2) is 0 Å². The Kier molecular flexibility index (Phi) is 5.77. The maximum Gasteiger partial charge on any atom is 0.224 e. The summed E-state index contributed by atoms with van der Waals surface area (Å²) >= 11 is -0.932. The molecule has 0 spiro atoms. The third-order valence-electron chi connectivity index (χ3n) is 3.97. The molecule has 0 radical (unpaired) electrons. The van der Waals surface area contributed by atoms with Gasteiger partial charge in [-0.1, -0.05) is 18.2 Å². The largest absolute Gasteiger partial charge is 0.611 e. The molecule has 1 unspecified atom stereocenters. The molecular weight excluding hydrogens is 322 g/mol. The van der Waals surface area contributed by atoms with Crippen LogP contribution in [0, 0.1) is 0 Å². The predicted molar refractivity (Wildman–Crippen MR) is 95.8 cm³/mol. The Morgan fingerprint density at radius 1 is 1.08 bits per heavy atom. The molecule has 0 bridgehead atoms. The Balaban J connectivity index is 1.40. The number of amides is 1. The van der Waals surface area contributed by atoms with E-state index >= 15 is 0 Å². The maximum atomic E-state index is 12.1. The van der Waals surface area contributed by atoms with Gasteiger partial charge in [-0.15, -0.1) is 0 Å². The second-order valence-electron chi connectivity index (χ2n) is 5.79. The van der Waals surface area contributed by atoms with Crippen LogP contribution in [-0.2, 0) is 22.4 Å². The molecule has 0 saturated heterocycles. The van der Waals surface area contributed by atoms with Crippen LogP contribution in [0.5, 0.6) is 5.75 Å². The molecule has 5 heteroatoms. The van der Waals surface area contributed by atoms with Crippen molar-refractivity contribution in [2.75, 3.05) is 17.7 Å². The molecule has 0 aliphatic carbocycles. The van der Waals surface area contributed by atoms with E-state index in [-0.39, 0.29) is 5.91 Å². The van der Waals surface area contributed by atoms with Crippen LogP contribution < -0.4 is 10.1 Å². The first-order valence-corrected chi connectivity index (χ1v) is 9.53. The number of hydrogen-bond donors (Lipinski definition) is 1. The summed E-state index contributed by atoms with van der Waals surface area (Å²) in [5, 5.41) is 2.86. The van der Waals surface area contributed by atoms with Crippen molar-refractivity contribution < 1.29 is 14.1 Å². The average Bonchev–Trinajstić information content (AvgIpc) is 2.62. The normalized spacial score (nSPS) is 14.6. The predicted octanol–water partition coefficient (Wildman–Crippen LogP) is 3.54. The van der Waals surface area contributed by atoms with Crippen LogP contribution in [0.15, 0.2) is 53.4 Å². The summed E-state index contributed by atoms with van der Waals surface area (Å²) in [5.74, 6) is 1.56. The molecule has 0 aromatic heterocycles. The van der Waals surface area contributed by atoms with Gasteiger partial charge >= 0.3 is 0 Å². The minimum absolute atomic E-state index is 0.0718. The van der Waals surface area contributed by atoms with E-state index in [9.17, 15) is 9.35 Å². The van der Waals surface area contributed by atoms with E-state index in [0.29, 0.717) is 18.8 Å². The van der Waals surface area contributed by atoms with Gasteiger partial charge in [0.25, 0.3) is 0 Å². The number of unbranched alkanes of at least 4 members (excludes halogenated alkanes) is 1. The third-order valence-corrected chi connectivity index (χ3v) is 5.43. The van der Waals surface area contributed by atoms with Crippen LogP contribution in [0.3, 0.4) is 0 Å². The minimum Gasteiger partial charge on any atom is -0.611 e. The van der Waals surface area contributed by atoms with Gasteiger partial charge in [0, 0.05) is 12.1 Å². The lowest BCUT2D eigenvalue weighted by atomic mass is 10.0. The Bertz CT molecular complexity index is 690. The second-order valence-corrected chi connectivity index (χ2v) is 7.36. The zero-order valence-corrected chi connectivity index (χ0v) is 14.3. The topological polar surface area (TPSA) is 61.4 Å². The summed E-state index contributed by atoms with van der Waals surface area (Å²) in [6, 6.07) is 15.3. The SMILES string of the molecule is O=C1CCc2cc(OCCCC[S+]([O-])c3ccccc3)ccc2N1. The molecule has 1 N–H and O–H groups in total. The van der Waals surface area contributed by atoms with Gasteiger partial charge in [-0.05, 0) is 66.3 Å². The van der Waals surface area contributed by atoms with E-state index in [1.807, 2.05) is 48.5 Å². The molecule has 2 aromatic carbocycles. The molecule has 0 saturated carbocycles. The highest BCUT2D eigenvalue weighted by molar-refractivity contribution is 7.91. The van der Waals surface area contributed by atoms with Crippen molar-refractivity contribution in [2.45, 2.75) is 30.6 Å². The first-order valence-electron chi connectivity index (χ1n) is 8.21. The molecule has 1 amide bonds. The molecule has 3 rings (SSSR count). The minimum atomic E-state index is -0.932. The third kappa shape index (κ3) is 4.52. The number of hydrogen-bond acceptors (Lipinski definition) is 3. The molecule has 1 aliphatic rings. The van der Waals surface area contributed by atoms with Gasteiger partial charge in [0.15, 0.2) is 4.90 Å². The highest BCUT2D eigenvalue weighted by Crippen LogP contribution is 2.26. The molecule has 126 valence electrons. The van der Waals surface area contributed by atoms with Crippen molar-refractivity contribution in [1.82, 2.24) is 0 Å². The number of ether oxygens (including phenoxy) is 1. The van der Waals surface area contributed by atoms with Crippen LogP contribution in [-0.4, -0.2) is 22.8 Å². The van der Waals surface area contributed by atoms with Gasteiger partial charge in [0.2, 0.25) is 5.91 Å². The average molecular weight is 343 g/mol. The fourth-order valence-electron chi connectivity index (χ4n) is 2.66. The van der Waals surface area contributed by atoms with E-state index in [2.05, 4.69) is 5.32 Å². The number of anilines is 1. The number of nitrogens with one attached hydrogen (secondary N) is 1. The Morgan fingerprint density at radius 2 is 1.92 bits per heavy atom. The van der Waals surface area contributed by atoms with Gasteiger partial charge in [-0.3, -0.25) is 4.79 Å². The molecule has 1 atom stereocenters. The van der Waals surface area contributed by atoms with E-state index < -0.39 is 11.2 Å². The summed E-state index contributed by atoms with van der Waals surface area (Å²) in [6.45, 7) is 0.608. The highest BCUT2D eigenvalue weighted by Gasteiger charge is 2.15. The molecular formula is C19H21NO3S. The lowest BCUT2D eigenvalue weighted by Gasteiger charge is -2.17. The highest BCUT2D eigenvalue weighted by atomic mass is 32.2. The van der Waals surface area contributed by atoms with Crippen molar-refractivity contribution in [3.8, 4) is 5.75 Å². The fraction of sp³-hybridized carbons (Fsp3) is 0.316. The summed E-state index contributed by atoms with van der Waals surface area (Å²) in [4.78, 5) is 12.2. The van der Waals surface area contributed by atoms with E-state index in [1.165, 1.54) is 0 Å². The van der Waals surface area contributed by atoms with Gasteiger partial charge in [0.1, 0.15) is 11.5 Å². The number of aryl methyl sites for hydroxylation is 1. The maximum absolute atomic E-state index is 12.1. The lowest BCUT2D eigenvalue weighted by Crippen LogP contribution is -2.18. The monoisotopic (exact) mass is 343 g/mol. The Hall–Kier alpha value is -1.98. The van der Waals surface area contributed by atoms with Crippen molar-refractivity contribution in [2.24, 2.45) is 0 Å². The van der Waals surface area contributed by atoms with E-state index in [4.69, 9.17) is 4.74 Å². The van der Waals surface area contributed by atoms with Gasteiger partial charge < -0.3 is 14.6 Å². The zero-order chi connectivity index (χ0) is 16.8. The van der Waals surface area contributed by atoms with Crippen LogP contribution in [0.2, 0.25) is 0 Å². The molecule has 0 fully saturated rings. The van der Waals surface area contributed by atoms with Gasteiger partial charge in [0.05, 0.1) is 6.61 Å². The molecule has 4 nitrogen and oxygen atoms in total. The Morgan fingerprint density at radius 3 is 2.75 bits per heavy atom. The quantitative estimate of drug-likeness (QED) is 0.618. The molecule has 1 aliphatic heterocycles. The number of carbonyl (C=O) groups excluding carboxylic acids is 1. The van der Waals surface area contributed by atoms with Crippen molar-refractivity contribution in [3.63, 3.8) is 0 Å². The summed E-state index contributed by atoms with van der Waals surface area (Å²) in [7, 11) is 0. The van der Waals surface area contributed by atoms with Crippen molar-refractivity contribution in [3.05, 3.63) is 54.1 Å². The number of rotatable bonds is 7. The lowest BCUT2D eigenvalue weighted by molar-refractivity contribution is -0.116. The molecule has 1 heterocycles. The smallest absolute Gasteiger partial charge is 0.224 e. The van der Waals surface area contributed by atoms with E-state index in [0.717, 1.165) is 41.2 Å². The van der Waals surface area contributed by atoms with E-state index in [1.54, 1.807) is 0 Å². The second kappa shape index (κ2) is 8.22. The number of benzene rings is 2. The zero-order valence-electron chi connectivity index (χ0n) is 13.5. The van der Waals surface area contributed by atoms with Crippen LogP contribution in [0.1, 0.15) is 24.8 Å². The number of fused-ring (bicyclic) bond motifs is 1. The first kappa shape index (κ1) is 16.9. The summed E-state index contributed by atoms with van der Waals surface area (Å²) in [6.07, 6.45) is 3.02. The van der Waals surface area contributed by atoms with Crippen molar-refractivity contribution in [1.29, 1.82) is 0 Å². The standard InChI is InChI=1S/C19H21NO3S/c21-19-11-8-15-14-16(9-10-18(15)20-19)23-12-4-5-13-24(22)17-6-2-1-3-7-17/h1-3,6-7,9-10,14H,4-5,8,11-13H2,(H,20,21). The fourth-order valence-corrected chi connectivity index (χ4v) is 3.83. The van der Waals surface area contributed by atoms with Crippen LogP contribution >= 0.6 is 0 Å². The number of carbonyl (C=O) groups is 1. The Labute approximate surface area is 145 Å². The molecule has 24 heavy (non-hydrogen) atoms. The summed E-state index contributed by atoms with van der Waals surface area (Å²) in [5.41, 5.74) is 2.01.